The normalized spacial score (nSPS) is 13.7. The van der Waals surface area contributed by atoms with Gasteiger partial charge in [-0.15, -0.1) is 0 Å². The van der Waals surface area contributed by atoms with Gasteiger partial charge < -0.3 is 4.74 Å². The average molecular weight is 403 g/mol. The topological polar surface area (TPSA) is 38.7 Å². The second kappa shape index (κ2) is 11.6. The van der Waals surface area contributed by atoms with Gasteiger partial charge in [-0.1, -0.05) is 40.7 Å². The van der Waals surface area contributed by atoms with Gasteiger partial charge in [-0.2, -0.15) is 13.2 Å². The fraction of sp³-hybridized carbons (Fsp3) is 0.524. The zero-order valence-electron chi connectivity index (χ0n) is 17.4. The summed E-state index contributed by atoms with van der Waals surface area (Å²) >= 11 is 0. The number of nitrogens with zero attached hydrogens (tertiary/aromatic N) is 1. The number of benzene rings is 1. The van der Waals surface area contributed by atoms with E-state index >= 15 is 0 Å². The second-order valence-corrected chi connectivity index (χ2v) is 6.90. The summed E-state index contributed by atoms with van der Waals surface area (Å²) in [5.41, 5.74) is -1.20. The van der Waals surface area contributed by atoms with E-state index in [1.54, 1.807) is 13.8 Å². The van der Waals surface area contributed by atoms with Crippen LogP contribution >= 0.6 is 0 Å². The minimum Gasteiger partial charge on any atom is -0.465 e. The summed E-state index contributed by atoms with van der Waals surface area (Å²) in [6.07, 6.45) is -3.31. The lowest BCUT2D eigenvalue weighted by atomic mass is 9.94. The Morgan fingerprint density at radius 1 is 1.21 bits per heavy atom. The number of rotatable bonds is 5. The van der Waals surface area contributed by atoms with Gasteiger partial charge in [-0.05, 0) is 43.4 Å². The van der Waals surface area contributed by atoms with Gasteiger partial charge in [-0.3, -0.25) is 0 Å². The maximum atomic E-state index is 14.4. The number of hydrogen-bond acceptors (Lipinski definition) is 3. The predicted octanol–water partition coefficient (Wildman–Crippen LogP) is 6.58. The van der Waals surface area contributed by atoms with Gasteiger partial charge in [0.15, 0.2) is 0 Å². The Morgan fingerprint density at radius 2 is 1.75 bits per heavy atom. The van der Waals surface area contributed by atoms with Crippen LogP contribution in [0.1, 0.15) is 63.9 Å². The van der Waals surface area contributed by atoms with E-state index in [0.29, 0.717) is 6.42 Å². The van der Waals surface area contributed by atoms with E-state index in [-0.39, 0.29) is 16.8 Å². The molecule has 1 unspecified atom stereocenters. The van der Waals surface area contributed by atoms with Gasteiger partial charge >= 0.3 is 12.1 Å². The third-order valence-corrected chi connectivity index (χ3v) is 3.55. The highest BCUT2D eigenvalue weighted by molar-refractivity contribution is 6.03. The fourth-order valence-corrected chi connectivity index (χ4v) is 2.02. The van der Waals surface area contributed by atoms with E-state index in [0.717, 1.165) is 25.2 Å². The van der Waals surface area contributed by atoms with Crippen molar-refractivity contribution in [3.8, 4) is 0 Å². The average Bonchev–Trinajstić information content (AvgIpc) is 2.60. The van der Waals surface area contributed by atoms with E-state index < -0.39 is 29.6 Å². The smallest absolute Gasteiger partial charge is 0.433 e. The Bertz CT molecular complexity index is 704. The molecule has 0 fully saturated rings. The van der Waals surface area contributed by atoms with Gasteiger partial charge in [-0.25, -0.2) is 14.2 Å². The molecule has 0 bridgehead atoms. The highest BCUT2D eigenvalue weighted by atomic mass is 19.4. The number of alkyl halides is 3. The molecule has 0 aliphatic carbocycles. The molecule has 0 amide bonds. The van der Waals surface area contributed by atoms with Crippen LogP contribution in [0.3, 0.4) is 0 Å². The predicted molar refractivity (Wildman–Crippen MR) is 104 cm³/mol. The summed E-state index contributed by atoms with van der Waals surface area (Å²) < 4.78 is 57.7. The Morgan fingerprint density at radius 3 is 2.11 bits per heavy atom. The van der Waals surface area contributed by atoms with Crippen LogP contribution in [0, 0.1) is 17.7 Å². The molecule has 0 radical (unpaired) electrons. The summed E-state index contributed by atoms with van der Waals surface area (Å²) in [7, 11) is 1.15. The molecule has 1 atom stereocenters. The molecule has 1 rings (SSSR count). The molecule has 28 heavy (non-hydrogen) atoms. The van der Waals surface area contributed by atoms with Gasteiger partial charge in [0, 0.05) is 5.56 Å². The molecular weight excluding hydrogens is 374 g/mol. The molecule has 0 spiro atoms. The lowest BCUT2D eigenvalue weighted by molar-refractivity contribution is -0.0924. The van der Waals surface area contributed by atoms with Crippen LogP contribution in [-0.2, 0) is 4.74 Å². The zero-order chi connectivity index (χ0) is 22.1. The number of aliphatic imine (C=N–C) groups is 1. The Hall–Kier alpha value is -2.18. The monoisotopic (exact) mass is 403 g/mol. The van der Waals surface area contributed by atoms with Crippen LogP contribution in [0.5, 0.6) is 0 Å². The molecule has 0 saturated heterocycles. The summed E-state index contributed by atoms with van der Waals surface area (Å²) in [4.78, 5) is 15.1. The van der Waals surface area contributed by atoms with Crippen LogP contribution in [0.15, 0.2) is 35.0 Å². The summed E-state index contributed by atoms with van der Waals surface area (Å²) in [6.45, 7) is 11.2. The third-order valence-electron chi connectivity index (χ3n) is 3.55. The van der Waals surface area contributed by atoms with Crippen LogP contribution in [-0.4, -0.2) is 25.0 Å². The van der Waals surface area contributed by atoms with Gasteiger partial charge in [0.05, 0.1) is 18.4 Å². The minimum atomic E-state index is -4.63. The molecule has 0 aliphatic heterocycles. The van der Waals surface area contributed by atoms with Crippen LogP contribution in [0.25, 0.3) is 0 Å². The van der Waals surface area contributed by atoms with Gasteiger partial charge in [0.2, 0.25) is 0 Å². The number of carbonyl (C=O) groups excluding carboxylic acids is 1. The molecule has 0 aliphatic rings. The van der Waals surface area contributed by atoms with Crippen molar-refractivity contribution in [1.29, 1.82) is 0 Å². The number of halogens is 4. The van der Waals surface area contributed by atoms with E-state index in [2.05, 4.69) is 30.5 Å². The Balaban J connectivity index is 0.00000165. The fourth-order valence-electron chi connectivity index (χ4n) is 2.02. The van der Waals surface area contributed by atoms with E-state index in [4.69, 9.17) is 0 Å². The first-order valence-corrected chi connectivity index (χ1v) is 9.09. The lowest BCUT2D eigenvalue weighted by Gasteiger charge is -2.16. The van der Waals surface area contributed by atoms with Crippen LogP contribution in [0.2, 0.25) is 0 Å². The van der Waals surface area contributed by atoms with Crippen LogP contribution < -0.4 is 0 Å². The SMILES string of the molecule is C/C=C(\N=C(c1ccc(C(=O)OC)cc1F)C(C)CC)C(F)(F)F.CC(C)C. The number of esters is 1. The van der Waals surface area contributed by atoms with Gasteiger partial charge in [0.25, 0.3) is 0 Å². The van der Waals surface area contributed by atoms with Crippen molar-refractivity contribution in [2.75, 3.05) is 7.11 Å². The molecule has 158 valence electrons. The molecule has 0 heterocycles. The van der Waals surface area contributed by atoms with Crippen molar-refractivity contribution in [1.82, 2.24) is 0 Å². The molecule has 0 saturated carbocycles. The van der Waals surface area contributed by atoms with Crippen molar-refractivity contribution < 1.29 is 27.1 Å². The molecule has 0 aromatic heterocycles. The van der Waals surface area contributed by atoms with E-state index in [9.17, 15) is 22.4 Å². The van der Waals surface area contributed by atoms with Crippen LogP contribution in [0.4, 0.5) is 17.6 Å². The molecule has 7 heteroatoms. The number of ether oxygens (including phenoxy) is 1. The Labute approximate surface area is 164 Å². The van der Waals surface area contributed by atoms with Gasteiger partial charge in [0.1, 0.15) is 11.5 Å². The number of methoxy groups -OCH3 is 1. The number of allylic oxidation sites excluding steroid dienone is 2. The third kappa shape index (κ3) is 8.23. The molecule has 3 nitrogen and oxygen atoms in total. The first-order chi connectivity index (χ1) is 12.9. The maximum Gasteiger partial charge on any atom is 0.433 e. The second-order valence-electron chi connectivity index (χ2n) is 6.90. The van der Waals surface area contributed by atoms with E-state index in [1.807, 2.05) is 0 Å². The summed E-state index contributed by atoms with van der Waals surface area (Å²) in [6, 6.07) is 3.48. The van der Waals surface area contributed by atoms with Crippen molar-refractivity contribution in [3.63, 3.8) is 0 Å². The molecule has 1 aromatic carbocycles. The van der Waals surface area contributed by atoms with E-state index in [1.165, 1.54) is 19.1 Å². The zero-order valence-corrected chi connectivity index (χ0v) is 17.4. The number of hydrogen-bond donors (Lipinski definition) is 0. The van der Waals surface area contributed by atoms with Crippen molar-refractivity contribution in [2.24, 2.45) is 16.8 Å². The first kappa shape index (κ1) is 25.8. The standard InChI is InChI=1S/C17H19F4NO2.C4H10/c1-5-10(3)15(22-14(6-2)17(19,20)21)12-8-7-11(9-13(12)18)16(23)24-4;1-4(2)3/h6-10H,5H2,1-4H3;4H,1-3H3/b14-6-,22-15?;. The highest BCUT2D eigenvalue weighted by Crippen LogP contribution is 2.29. The van der Waals surface area contributed by atoms with Crippen molar-refractivity contribution in [3.05, 3.63) is 46.9 Å². The molecule has 1 aromatic rings. The molecular formula is C21H29F4NO2. The lowest BCUT2D eigenvalue weighted by Crippen LogP contribution is -2.18. The maximum absolute atomic E-state index is 14.4. The summed E-state index contributed by atoms with van der Waals surface area (Å²) in [5.74, 6) is -1.12. The summed E-state index contributed by atoms with van der Waals surface area (Å²) in [5, 5.41) is 0. The Kier molecular flexibility index (Phi) is 10.7. The van der Waals surface area contributed by atoms with Crippen molar-refractivity contribution in [2.45, 2.75) is 54.1 Å². The highest BCUT2D eigenvalue weighted by Gasteiger charge is 2.34. The first-order valence-electron chi connectivity index (χ1n) is 9.09. The largest absolute Gasteiger partial charge is 0.465 e. The minimum absolute atomic E-state index is 0.0168. The molecule has 0 N–H and O–H groups in total. The van der Waals surface area contributed by atoms with Crippen molar-refractivity contribution >= 4 is 11.7 Å². The quantitative estimate of drug-likeness (QED) is 0.317. The number of carbonyl (C=O) groups is 1.